The molecule has 0 bridgehead atoms. The predicted molar refractivity (Wildman–Crippen MR) is 53.6 cm³/mol. The van der Waals surface area contributed by atoms with Crippen LogP contribution < -0.4 is 5.32 Å². The van der Waals surface area contributed by atoms with Gasteiger partial charge in [-0.3, -0.25) is 0 Å². The van der Waals surface area contributed by atoms with Gasteiger partial charge in [-0.05, 0) is 19.1 Å². The average Bonchev–Trinajstić information content (AvgIpc) is 2.12. The Kier molecular flexibility index (Phi) is 4.28. The van der Waals surface area contributed by atoms with E-state index in [0.717, 1.165) is 0 Å². The molecule has 1 aliphatic heterocycles. The summed E-state index contributed by atoms with van der Waals surface area (Å²) in [6.07, 6.45) is 15.9. The van der Waals surface area contributed by atoms with Crippen molar-refractivity contribution in [3.05, 3.63) is 36.2 Å². The van der Waals surface area contributed by atoms with E-state index in [-0.39, 0.29) is 0 Å². The SMILES string of the molecule is C1CCC1.CC1=CC=CC=CN1. The highest BCUT2D eigenvalue weighted by Crippen LogP contribution is 2.15. The first-order valence-electron chi connectivity index (χ1n) is 4.66. The number of hydrogen-bond donors (Lipinski definition) is 1. The fourth-order valence-corrected chi connectivity index (χ4v) is 0.797. The predicted octanol–water partition coefficient (Wildman–Crippen LogP) is 3.12. The molecule has 0 amide bonds. The zero-order valence-electron chi connectivity index (χ0n) is 7.72. The second-order valence-electron chi connectivity index (χ2n) is 3.15. The van der Waals surface area contributed by atoms with E-state index in [2.05, 4.69) is 5.32 Å². The summed E-state index contributed by atoms with van der Waals surface area (Å²) >= 11 is 0. The van der Waals surface area contributed by atoms with Crippen molar-refractivity contribution in [2.45, 2.75) is 32.6 Å². The molecule has 1 nitrogen and oxygen atoms in total. The zero-order valence-corrected chi connectivity index (χ0v) is 7.72. The first-order chi connectivity index (χ1) is 5.89. The van der Waals surface area contributed by atoms with Crippen molar-refractivity contribution < 1.29 is 0 Å². The monoisotopic (exact) mass is 163 g/mol. The van der Waals surface area contributed by atoms with Crippen LogP contribution in [0.4, 0.5) is 0 Å². The van der Waals surface area contributed by atoms with Crippen LogP contribution >= 0.6 is 0 Å². The summed E-state index contributed by atoms with van der Waals surface area (Å²) in [6, 6.07) is 0. The highest BCUT2D eigenvalue weighted by molar-refractivity contribution is 5.19. The summed E-state index contributed by atoms with van der Waals surface area (Å²) in [5.74, 6) is 0. The molecule has 1 fully saturated rings. The van der Waals surface area contributed by atoms with Crippen molar-refractivity contribution in [1.29, 1.82) is 0 Å². The smallest absolute Gasteiger partial charge is 0.0115 e. The second-order valence-corrected chi connectivity index (χ2v) is 3.15. The summed E-state index contributed by atoms with van der Waals surface area (Å²) < 4.78 is 0. The molecule has 0 aromatic heterocycles. The fourth-order valence-electron chi connectivity index (χ4n) is 0.797. The normalized spacial score (nSPS) is 19.2. The van der Waals surface area contributed by atoms with E-state index >= 15 is 0 Å². The minimum atomic E-state index is 1.18. The third kappa shape index (κ3) is 4.02. The summed E-state index contributed by atoms with van der Waals surface area (Å²) in [4.78, 5) is 0. The molecular formula is C11H17N. The van der Waals surface area contributed by atoms with Crippen LogP contribution in [-0.2, 0) is 0 Å². The summed E-state index contributed by atoms with van der Waals surface area (Å²) in [7, 11) is 0. The largest absolute Gasteiger partial charge is 0.365 e. The Morgan fingerprint density at radius 3 is 2.25 bits per heavy atom. The molecule has 0 atom stereocenters. The van der Waals surface area contributed by atoms with Gasteiger partial charge in [0.2, 0.25) is 0 Å². The molecule has 1 saturated carbocycles. The summed E-state index contributed by atoms with van der Waals surface area (Å²) in [6.45, 7) is 2.03. The van der Waals surface area contributed by atoms with E-state index in [1.165, 1.54) is 31.4 Å². The van der Waals surface area contributed by atoms with E-state index in [1.54, 1.807) is 0 Å². The molecule has 1 aliphatic carbocycles. The Morgan fingerprint density at radius 2 is 1.67 bits per heavy atom. The van der Waals surface area contributed by atoms with Crippen LogP contribution in [0.25, 0.3) is 0 Å². The van der Waals surface area contributed by atoms with Gasteiger partial charge in [0.05, 0.1) is 0 Å². The lowest BCUT2D eigenvalue weighted by Gasteiger charge is -2.05. The zero-order chi connectivity index (χ0) is 8.65. The standard InChI is InChI=1S/C7H9N.C4H8/c1-7-5-3-2-4-6-8-7;1-2-4-3-1/h2-6,8H,1H3;1-4H2. The van der Waals surface area contributed by atoms with Crippen LogP contribution in [0.5, 0.6) is 0 Å². The molecule has 1 N–H and O–H groups in total. The third-order valence-corrected chi connectivity index (χ3v) is 1.98. The van der Waals surface area contributed by atoms with Crippen molar-refractivity contribution in [2.24, 2.45) is 0 Å². The van der Waals surface area contributed by atoms with Gasteiger partial charge in [-0.1, -0.05) is 37.8 Å². The third-order valence-electron chi connectivity index (χ3n) is 1.98. The molecule has 12 heavy (non-hydrogen) atoms. The van der Waals surface area contributed by atoms with Gasteiger partial charge in [-0.2, -0.15) is 0 Å². The number of rotatable bonds is 0. The molecule has 1 heterocycles. The van der Waals surface area contributed by atoms with Crippen LogP contribution in [0.3, 0.4) is 0 Å². The first-order valence-corrected chi connectivity index (χ1v) is 4.66. The van der Waals surface area contributed by atoms with Crippen LogP contribution in [0, 0.1) is 0 Å². The van der Waals surface area contributed by atoms with Crippen LogP contribution in [0.1, 0.15) is 32.6 Å². The van der Waals surface area contributed by atoms with Gasteiger partial charge >= 0.3 is 0 Å². The molecule has 0 spiro atoms. The van der Waals surface area contributed by atoms with Gasteiger partial charge in [-0.15, -0.1) is 0 Å². The maximum atomic E-state index is 3.06. The first kappa shape index (κ1) is 9.11. The second kappa shape index (κ2) is 5.64. The lowest BCUT2D eigenvalue weighted by Crippen LogP contribution is -1.98. The number of allylic oxidation sites excluding steroid dienone is 5. The van der Waals surface area contributed by atoms with Crippen molar-refractivity contribution in [3.63, 3.8) is 0 Å². The van der Waals surface area contributed by atoms with Gasteiger partial charge in [0, 0.05) is 11.9 Å². The topological polar surface area (TPSA) is 12.0 Å². The summed E-state index contributed by atoms with van der Waals surface area (Å²) in [5, 5.41) is 3.06. The Bertz CT molecular complexity index is 191. The highest BCUT2D eigenvalue weighted by Gasteiger charge is 1.95. The molecule has 0 radical (unpaired) electrons. The molecule has 0 aromatic carbocycles. The number of nitrogens with one attached hydrogen (secondary N) is 1. The maximum Gasteiger partial charge on any atom is 0.0115 e. The quantitative estimate of drug-likeness (QED) is 0.578. The van der Waals surface area contributed by atoms with Crippen LogP contribution in [-0.4, -0.2) is 0 Å². The summed E-state index contributed by atoms with van der Waals surface area (Å²) in [5.41, 5.74) is 1.18. The number of hydrogen-bond acceptors (Lipinski definition) is 1. The molecule has 1 heteroatoms. The van der Waals surface area contributed by atoms with Crippen LogP contribution in [0.2, 0.25) is 0 Å². The van der Waals surface area contributed by atoms with Gasteiger partial charge in [0.15, 0.2) is 0 Å². The molecule has 66 valence electrons. The van der Waals surface area contributed by atoms with Crippen molar-refractivity contribution in [1.82, 2.24) is 5.32 Å². The fraction of sp³-hybridized carbons (Fsp3) is 0.455. The Morgan fingerprint density at radius 1 is 1.00 bits per heavy atom. The van der Waals surface area contributed by atoms with E-state index in [9.17, 15) is 0 Å². The van der Waals surface area contributed by atoms with E-state index in [4.69, 9.17) is 0 Å². The van der Waals surface area contributed by atoms with Crippen LogP contribution in [0.15, 0.2) is 36.2 Å². The Labute approximate surface area is 74.9 Å². The average molecular weight is 163 g/mol. The highest BCUT2D eigenvalue weighted by atomic mass is 14.8. The van der Waals surface area contributed by atoms with Gasteiger partial charge in [0.1, 0.15) is 0 Å². The molecule has 0 saturated heterocycles. The molecule has 0 aromatic rings. The molecule has 0 unspecified atom stereocenters. The molecule has 2 aliphatic rings. The van der Waals surface area contributed by atoms with Crippen molar-refractivity contribution >= 4 is 0 Å². The molecule has 2 rings (SSSR count). The minimum Gasteiger partial charge on any atom is -0.365 e. The van der Waals surface area contributed by atoms with Gasteiger partial charge in [-0.25, -0.2) is 0 Å². The van der Waals surface area contributed by atoms with Crippen molar-refractivity contribution in [2.75, 3.05) is 0 Å². The van der Waals surface area contributed by atoms with E-state index in [0.29, 0.717) is 0 Å². The van der Waals surface area contributed by atoms with Gasteiger partial charge < -0.3 is 5.32 Å². The molecular weight excluding hydrogens is 146 g/mol. The maximum absolute atomic E-state index is 3.06. The minimum absolute atomic E-state index is 1.18. The lowest BCUT2D eigenvalue weighted by atomic mass is 10.0. The van der Waals surface area contributed by atoms with Gasteiger partial charge in [0.25, 0.3) is 0 Å². The Hall–Kier alpha value is -0.980. The van der Waals surface area contributed by atoms with E-state index in [1.807, 2.05) is 37.4 Å². The van der Waals surface area contributed by atoms with Crippen molar-refractivity contribution in [3.8, 4) is 0 Å². The lowest BCUT2D eigenvalue weighted by molar-refractivity contribution is 0.504. The Balaban J connectivity index is 0.000000150. The van der Waals surface area contributed by atoms with E-state index < -0.39 is 0 Å².